The van der Waals surface area contributed by atoms with Crippen molar-refractivity contribution in [1.29, 1.82) is 0 Å². The SMILES string of the molecule is O=C(O)[C@H]1CCc2[nH]c3ncnc(Cl)c3c2C1. The van der Waals surface area contributed by atoms with Gasteiger partial charge in [0.25, 0.3) is 0 Å². The third kappa shape index (κ3) is 1.58. The van der Waals surface area contributed by atoms with Crippen LogP contribution in [0, 0.1) is 5.92 Å². The number of carbonyl (C=O) groups is 1. The van der Waals surface area contributed by atoms with Crippen molar-refractivity contribution in [3.63, 3.8) is 0 Å². The Hall–Kier alpha value is -1.62. The van der Waals surface area contributed by atoms with E-state index in [0.29, 0.717) is 23.6 Å². The van der Waals surface area contributed by atoms with Crippen LogP contribution in [0.5, 0.6) is 0 Å². The quantitative estimate of drug-likeness (QED) is 0.758. The van der Waals surface area contributed by atoms with Crippen LogP contribution in [0.2, 0.25) is 5.15 Å². The Labute approximate surface area is 102 Å². The minimum absolute atomic E-state index is 0.335. The molecule has 3 rings (SSSR count). The molecule has 0 fully saturated rings. The van der Waals surface area contributed by atoms with E-state index in [1.165, 1.54) is 6.33 Å². The number of aromatic nitrogens is 3. The van der Waals surface area contributed by atoms with Crippen LogP contribution in [0.3, 0.4) is 0 Å². The number of aromatic amines is 1. The second-order valence-corrected chi connectivity index (χ2v) is 4.61. The molecule has 17 heavy (non-hydrogen) atoms. The van der Waals surface area contributed by atoms with Gasteiger partial charge in [-0.15, -0.1) is 0 Å². The molecule has 2 aromatic heterocycles. The molecular formula is C11H10ClN3O2. The summed E-state index contributed by atoms with van der Waals surface area (Å²) in [5.41, 5.74) is 2.70. The van der Waals surface area contributed by atoms with Crippen molar-refractivity contribution in [2.24, 2.45) is 5.92 Å². The maximum absolute atomic E-state index is 11.0. The maximum Gasteiger partial charge on any atom is 0.306 e. The van der Waals surface area contributed by atoms with Crippen molar-refractivity contribution in [2.45, 2.75) is 19.3 Å². The van der Waals surface area contributed by atoms with Gasteiger partial charge in [0, 0.05) is 5.69 Å². The molecule has 5 nitrogen and oxygen atoms in total. The van der Waals surface area contributed by atoms with Gasteiger partial charge in [-0.2, -0.15) is 0 Å². The number of nitrogens with one attached hydrogen (secondary N) is 1. The molecule has 1 atom stereocenters. The number of aryl methyl sites for hydroxylation is 1. The van der Waals surface area contributed by atoms with Crippen LogP contribution in [0.4, 0.5) is 0 Å². The average molecular weight is 252 g/mol. The Balaban J connectivity index is 2.17. The third-order valence-electron chi connectivity index (χ3n) is 3.28. The predicted octanol–water partition coefficient (Wildman–Crippen LogP) is 1.80. The molecule has 0 amide bonds. The van der Waals surface area contributed by atoms with Crippen LogP contribution >= 0.6 is 11.6 Å². The average Bonchev–Trinajstić information content (AvgIpc) is 2.67. The van der Waals surface area contributed by atoms with Crippen molar-refractivity contribution in [3.05, 3.63) is 22.7 Å². The third-order valence-corrected chi connectivity index (χ3v) is 3.57. The van der Waals surface area contributed by atoms with Crippen molar-refractivity contribution >= 4 is 28.6 Å². The second-order valence-electron chi connectivity index (χ2n) is 4.25. The van der Waals surface area contributed by atoms with Crippen molar-refractivity contribution < 1.29 is 9.90 Å². The van der Waals surface area contributed by atoms with E-state index < -0.39 is 5.97 Å². The Kier molecular flexibility index (Phi) is 2.29. The maximum atomic E-state index is 11.0. The van der Waals surface area contributed by atoms with Crippen molar-refractivity contribution in [1.82, 2.24) is 15.0 Å². The molecule has 0 saturated heterocycles. The highest BCUT2D eigenvalue weighted by Gasteiger charge is 2.28. The molecule has 0 saturated carbocycles. The molecule has 0 aromatic carbocycles. The van der Waals surface area contributed by atoms with Gasteiger partial charge in [0.05, 0.1) is 11.3 Å². The topological polar surface area (TPSA) is 78.9 Å². The summed E-state index contributed by atoms with van der Waals surface area (Å²) in [6.07, 6.45) is 3.28. The van der Waals surface area contributed by atoms with Gasteiger partial charge in [-0.05, 0) is 24.8 Å². The molecule has 0 radical (unpaired) electrons. The van der Waals surface area contributed by atoms with Gasteiger partial charge >= 0.3 is 5.97 Å². The number of aliphatic carboxylic acids is 1. The molecule has 1 aliphatic carbocycles. The van der Waals surface area contributed by atoms with E-state index in [1.807, 2.05) is 0 Å². The zero-order valence-corrected chi connectivity index (χ0v) is 9.66. The van der Waals surface area contributed by atoms with E-state index in [-0.39, 0.29) is 5.92 Å². The Morgan fingerprint density at radius 1 is 1.53 bits per heavy atom. The molecule has 0 unspecified atom stereocenters. The van der Waals surface area contributed by atoms with Gasteiger partial charge in [-0.1, -0.05) is 11.6 Å². The summed E-state index contributed by atoms with van der Waals surface area (Å²) in [6.45, 7) is 0. The summed E-state index contributed by atoms with van der Waals surface area (Å²) in [5, 5.41) is 10.2. The molecule has 2 N–H and O–H groups in total. The molecular weight excluding hydrogens is 242 g/mol. The Morgan fingerprint density at radius 3 is 3.12 bits per heavy atom. The summed E-state index contributed by atoms with van der Waals surface area (Å²) in [4.78, 5) is 22.3. The van der Waals surface area contributed by atoms with E-state index in [0.717, 1.165) is 23.1 Å². The zero-order chi connectivity index (χ0) is 12.0. The molecule has 0 aliphatic heterocycles. The first-order valence-electron chi connectivity index (χ1n) is 5.39. The van der Waals surface area contributed by atoms with Crippen LogP contribution in [-0.4, -0.2) is 26.0 Å². The van der Waals surface area contributed by atoms with E-state index in [2.05, 4.69) is 15.0 Å². The number of carboxylic acids is 1. The van der Waals surface area contributed by atoms with Gasteiger partial charge in [-0.25, -0.2) is 9.97 Å². The van der Waals surface area contributed by atoms with Crippen molar-refractivity contribution in [2.75, 3.05) is 0 Å². The number of rotatable bonds is 1. The number of carboxylic acid groups (broad SMARTS) is 1. The van der Waals surface area contributed by atoms with Crippen LogP contribution in [0.25, 0.3) is 11.0 Å². The first kappa shape index (κ1) is 10.5. The van der Waals surface area contributed by atoms with Gasteiger partial charge in [0.1, 0.15) is 17.1 Å². The van der Waals surface area contributed by atoms with Gasteiger partial charge in [0.15, 0.2) is 0 Å². The lowest BCUT2D eigenvalue weighted by Gasteiger charge is -2.18. The molecule has 1 aliphatic rings. The molecule has 2 aromatic rings. The fourth-order valence-corrected chi connectivity index (χ4v) is 2.66. The van der Waals surface area contributed by atoms with Crippen LogP contribution in [0.15, 0.2) is 6.33 Å². The summed E-state index contributed by atoms with van der Waals surface area (Å²) in [5.74, 6) is -1.09. The fourth-order valence-electron chi connectivity index (χ4n) is 2.41. The van der Waals surface area contributed by atoms with Crippen LogP contribution in [0.1, 0.15) is 17.7 Å². The first-order chi connectivity index (χ1) is 8.16. The van der Waals surface area contributed by atoms with E-state index in [9.17, 15) is 4.79 Å². The zero-order valence-electron chi connectivity index (χ0n) is 8.90. The normalized spacial score (nSPS) is 19.2. The van der Waals surface area contributed by atoms with Gasteiger partial charge in [0.2, 0.25) is 0 Å². The van der Waals surface area contributed by atoms with Crippen molar-refractivity contribution in [3.8, 4) is 0 Å². The predicted molar refractivity (Wildman–Crippen MR) is 62.0 cm³/mol. The van der Waals surface area contributed by atoms with E-state index in [4.69, 9.17) is 16.7 Å². The summed E-state index contributed by atoms with van der Waals surface area (Å²) >= 11 is 6.04. The lowest BCUT2D eigenvalue weighted by atomic mass is 9.87. The summed E-state index contributed by atoms with van der Waals surface area (Å²) in [6, 6.07) is 0. The molecule has 2 heterocycles. The van der Waals surface area contributed by atoms with Crippen LogP contribution < -0.4 is 0 Å². The largest absolute Gasteiger partial charge is 0.481 e. The monoisotopic (exact) mass is 251 g/mol. The van der Waals surface area contributed by atoms with Gasteiger partial charge in [-0.3, -0.25) is 4.79 Å². The van der Waals surface area contributed by atoms with Crippen LogP contribution in [-0.2, 0) is 17.6 Å². The lowest BCUT2D eigenvalue weighted by Crippen LogP contribution is -2.21. The highest BCUT2D eigenvalue weighted by Crippen LogP contribution is 2.33. The number of halogens is 1. The summed E-state index contributed by atoms with van der Waals surface area (Å²) < 4.78 is 0. The Bertz CT molecular complexity index is 608. The number of H-pyrrole nitrogens is 1. The Morgan fingerprint density at radius 2 is 2.35 bits per heavy atom. The minimum atomic E-state index is -0.752. The molecule has 0 bridgehead atoms. The standard InChI is InChI=1S/C11H10ClN3O2/c12-9-8-6-3-5(11(16)17)1-2-7(6)15-10(8)14-4-13-9/h4-5H,1-3H2,(H,16,17)(H,13,14,15)/t5-/m0/s1. The van der Waals surface area contributed by atoms with Gasteiger partial charge < -0.3 is 10.1 Å². The highest BCUT2D eigenvalue weighted by molar-refractivity contribution is 6.34. The number of nitrogens with zero attached hydrogens (tertiary/aromatic N) is 2. The highest BCUT2D eigenvalue weighted by atomic mass is 35.5. The number of hydrogen-bond donors (Lipinski definition) is 2. The number of hydrogen-bond acceptors (Lipinski definition) is 3. The summed E-state index contributed by atoms with van der Waals surface area (Å²) in [7, 11) is 0. The minimum Gasteiger partial charge on any atom is -0.481 e. The fraction of sp³-hybridized carbons (Fsp3) is 0.364. The smallest absolute Gasteiger partial charge is 0.306 e. The first-order valence-corrected chi connectivity index (χ1v) is 5.77. The molecule has 88 valence electrons. The van der Waals surface area contributed by atoms with E-state index >= 15 is 0 Å². The van der Waals surface area contributed by atoms with E-state index in [1.54, 1.807) is 0 Å². The molecule has 0 spiro atoms. The lowest BCUT2D eigenvalue weighted by molar-refractivity contribution is -0.142. The second kappa shape index (κ2) is 3.70. The number of fused-ring (bicyclic) bond motifs is 3. The molecule has 6 heteroatoms.